The average molecular weight is 282 g/mol. The highest BCUT2D eigenvalue weighted by Crippen LogP contribution is 2.30. The van der Waals surface area contributed by atoms with Crippen LogP contribution >= 0.6 is 11.6 Å². The van der Waals surface area contributed by atoms with Gasteiger partial charge in [0.1, 0.15) is 5.75 Å². The topological polar surface area (TPSA) is 35.2 Å². The molecule has 0 aromatic heterocycles. The fourth-order valence-electron chi connectivity index (χ4n) is 2.70. The number of nitrogens with two attached hydrogens (primary N) is 1. The van der Waals surface area contributed by atoms with E-state index >= 15 is 0 Å². The molecule has 1 aromatic carbocycles. The number of halogens is 1. The van der Waals surface area contributed by atoms with Gasteiger partial charge in [0.15, 0.2) is 0 Å². The highest BCUT2D eigenvalue weighted by molar-refractivity contribution is 6.30. The Morgan fingerprint density at radius 2 is 2.00 bits per heavy atom. The van der Waals surface area contributed by atoms with Crippen LogP contribution in [0.15, 0.2) is 18.2 Å². The first-order valence-electron chi connectivity index (χ1n) is 7.25. The standard InChI is InChI=1S/C16H24ClNO/c1-11-3-6-15(7-4-11)19-16-8-5-14(17)10-13(16)9-12(2)18/h5,8,10-12,15H,3-4,6-7,9,18H2,1-2H3. The van der Waals surface area contributed by atoms with Crippen LogP contribution < -0.4 is 10.5 Å². The molecule has 1 unspecified atom stereocenters. The summed E-state index contributed by atoms with van der Waals surface area (Å²) in [5.74, 6) is 1.80. The van der Waals surface area contributed by atoms with Crippen molar-refractivity contribution in [1.82, 2.24) is 0 Å². The SMILES string of the molecule is CC(N)Cc1cc(Cl)ccc1OC1CCC(C)CC1. The van der Waals surface area contributed by atoms with E-state index in [-0.39, 0.29) is 6.04 Å². The van der Waals surface area contributed by atoms with Crippen molar-refractivity contribution in [3.05, 3.63) is 28.8 Å². The first-order valence-corrected chi connectivity index (χ1v) is 7.63. The van der Waals surface area contributed by atoms with E-state index in [9.17, 15) is 0 Å². The van der Waals surface area contributed by atoms with Crippen LogP contribution in [0.1, 0.15) is 45.1 Å². The Morgan fingerprint density at radius 3 is 2.63 bits per heavy atom. The molecule has 1 aliphatic rings. The monoisotopic (exact) mass is 281 g/mol. The Bertz CT molecular complexity index is 411. The van der Waals surface area contributed by atoms with E-state index in [4.69, 9.17) is 22.1 Å². The summed E-state index contributed by atoms with van der Waals surface area (Å²) in [5.41, 5.74) is 7.02. The fourth-order valence-corrected chi connectivity index (χ4v) is 2.89. The second kappa shape index (κ2) is 6.62. The van der Waals surface area contributed by atoms with Crippen LogP contribution in [0.3, 0.4) is 0 Å². The van der Waals surface area contributed by atoms with Gasteiger partial charge in [-0.1, -0.05) is 18.5 Å². The molecule has 0 aliphatic heterocycles. The van der Waals surface area contributed by atoms with Gasteiger partial charge in [0.25, 0.3) is 0 Å². The largest absolute Gasteiger partial charge is 0.490 e. The molecular formula is C16H24ClNO. The van der Waals surface area contributed by atoms with E-state index in [1.165, 1.54) is 12.8 Å². The molecule has 0 amide bonds. The molecule has 2 nitrogen and oxygen atoms in total. The van der Waals surface area contributed by atoms with Gasteiger partial charge in [-0.2, -0.15) is 0 Å². The van der Waals surface area contributed by atoms with Crippen LogP contribution in [0.5, 0.6) is 5.75 Å². The highest BCUT2D eigenvalue weighted by atomic mass is 35.5. The maximum atomic E-state index is 6.18. The van der Waals surface area contributed by atoms with E-state index < -0.39 is 0 Å². The molecule has 106 valence electrons. The smallest absolute Gasteiger partial charge is 0.123 e. The minimum Gasteiger partial charge on any atom is -0.490 e. The van der Waals surface area contributed by atoms with Gasteiger partial charge in [0.2, 0.25) is 0 Å². The second-order valence-electron chi connectivity index (χ2n) is 5.93. The molecule has 0 spiro atoms. The second-order valence-corrected chi connectivity index (χ2v) is 6.37. The summed E-state index contributed by atoms with van der Waals surface area (Å²) < 4.78 is 6.18. The number of hydrogen-bond acceptors (Lipinski definition) is 2. The molecule has 2 rings (SSSR count). The van der Waals surface area contributed by atoms with Gasteiger partial charge in [-0.3, -0.25) is 0 Å². The van der Waals surface area contributed by atoms with E-state index in [1.807, 2.05) is 25.1 Å². The summed E-state index contributed by atoms with van der Waals surface area (Å²) in [4.78, 5) is 0. The first-order chi connectivity index (χ1) is 9.04. The Kier molecular flexibility index (Phi) is 5.12. The van der Waals surface area contributed by atoms with Crippen molar-refractivity contribution in [2.24, 2.45) is 11.7 Å². The lowest BCUT2D eigenvalue weighted by atomic mass is 9.89. The fraction of sp³-hybridized carbons (Fsp3) is 0.625. The summed E-state index contributed by atoms with van der Waals surface area (Å²) in [6.45, 7) is 4.33. The van der Waals surface area contributed by atoms with E-state index in [2.05, 4.69) is 6.92 Å². The zero-order valence-corrected chi connectivity index (χ0v) is 12.6. The number of hydrogen-bond donors (Lipinski definition) is 1. The Labute approximate surface area is 121 Å². The number of benzene rings is 1. The highest BCUT2D eigenvalue weighted by Gasteiger charge is 2.20. The molecule has 1 saturated carbocycles. The predicted molar refractivity (Wildman–Crippen MR) is 80.9 cm³/mol. The molecule has 1 aliphatic carbocycles. The molecule has 2 N–H and O–H groups in total. The van der Waals surface area contributed by atoms with Crippen LogP contribution in [0.25, 0.3) is 0 Å². The zero-order chi connectivity index (χ0) is 13.8. The minimum absolute atomic E-state index is 0.118. The summed E-state index contributed by atoms with van der Waals surface area (Å²) in [6.07, 6.45) is 5.99. The van der Waals surface area contributed by atoms with Crippen molar-refractivity contribution < 1.29 is 4.74 Å². The molecule has 0 saturated heterocycles. The lowest BCUT2D eigenvalue weighted by Gasteiger charge is -2.28. The molecule has 19 heavy (non-hydrogen) atoms. The number of ether oxygens (including phenoxy) is 1. The van der Waals surface area contributed by atoms with E-state index in [1.54, 1.807) is 0 Å². The van der Waals surface area contributed by atoms with Gasteiger partial charge < -0.3 is 10.5 Å². The summed E-state index contributed by atoms with van der Waals surface area (Å²) >= 11 is 6.07. The van der Waals surface area contributed by atoms with Gasteiger partial charge in [0, 0.05) is 11.1 Å². The van der Waals surface area contributed by atoms with Gasteiger partial charge in [-0.25, -0.2) is 0 Å². The molecule has 3 heteroatoms. The van der Waals surface area contributed by atoms with Gasteiger partial charge in [0.05, 0.1) is 6.10 Å². The third-order valence-electron chi connectivity index (χ3n) is 3.82. The van der Waals surface area contributed by atoms with Crippen LogP contribution in [-0.4, -0.2) is 12.1 Å². The minimum atomic E-state index is 0.118. The van der Waals surface area contributed by atoms with Crippen LogP contribution in [0.4, 0.5) is 0 Å². The van der Waals surface area contributed by atoms with Gasteiger partial charge >= 0.3 is 0 Å². The average Bonchev–Trinajstić information content (AvgIpc) is 2.34. The van der Waals surface area contributed by atoms with E-state index in [0.29, 0.717) is 6.10 Å². The first kappa shape index (κ1) is 14.7. The summed E-state index contributed by atoms with van der Waals surface area (Å²) in [5, 5.41) is 0.750. The maximum Gasteiger partial charge on any atom is 0.123 e. The quantitative estimate of drug-likeness (QED) is 0.898. The molecular weight excluding hydrogens is 258 g/mol. The third kappa shape index (κ3) is 4.39. The van der Waals surface area contributed by atoms with Crippen molar-refractivity contribution in [2.45, 2.75) is 58.1 Å². The van der Waals surface area contributed by atoms with E-state index in [0.717, 1.165) is 41.5 Å². The van der Waals surface area contributed by atoms with Crippen molar-refractivity contribution in [3.8, 4) is 5.75 Å². The normalized spacial score (nSPS) is 25.1. The molecule has 1 fully saturated rings. The molecule has 1 aromatic rings. The molecule has 0 radical (unpaired) electrons. The van der Waals surface area contributed by atoms with Crippen molar-refractivity contribution in [1.29, 1.82) is 0 Å². The number of rotatable bonds is 4. The lowest BCUT2D eigenvalue weighted by Crippen LogP contribution is -2.24. The van der Waals surface area contributed by atoms with Crippen molar-refractivity contribution in [2.75, 3.05) is 0 Å². The summed E-state index contributed by atoms with van der Waals surface area (Å²) in [7, 11) is 0. The van der Waals surface area contributed by atoms with Crippen molar-refractivity contribution >= 4 is 11.6 Å². The van der Waals surface area contributed by atoms with Crippen LogP contribution in [0.2, 0.25) is 5.02 Å². The van der Waals surface area contributed by atoms with Gasteiger partial charge in [-0.05, 0) is 68.7 Å². The van der Waals surface area contributed by atoms with Crippen LogP contribution in [-0.2, 0) is 6.42 Å². The Hall–Kier alpha value is -0.730. The zero-order valence-electron chi connectivity index (χ0n) is 11.9. The molecule has 1 atom stereocenters. The predicted octanol–water partition coefficient (Wildman–Crippen LogP) is 4.19. The van der Waals surface area contributed by atoms with Crippen molar-refractivity contribution in [3.63, 3.8) is 0 Å². The third-order valence-corrected chi connectivity index (χ3v) is 4.06. The van der Waals surface area contributed by atoms with Crippen LogP contribution in [0, 0.1) is 5.92 Å². The lowest BCUT2D eigenvalue weighted by molar-refractivity contribution is 0.134. The van der Waals surface area contributed by atoms with Gasteiger partial charge in [-0.15, -0.1) is 0 Å². The Morgan fingerprint density at radius 1 is 1.32 bits per heavy atom. The maximum absolute atomic E-state index is 6.18. The summed E-state index contributed by atoms with van der Waals surface area (Å²) in [6, 6.07) is 5.98. The Balaban J connectivity index is 2.06. The molecule has 0 bridgehead atoms. The molecule has 0 heterocycles.